The van der Waals surface area contributed by atoms with Crippen molar-refractivity contribution in [2.45, 2.75) is 38.3 Å². The molecule has 4 heteroatoms. The van der Waals surface area contributed by atoms with Gasteiger partial charge >= 0.3 is 0 Å². The second-order valence-corrected chi connectivity index (χ2v) is 6.66. The Morgan fingerprint density at radius 2 is 2.16 bits per heavy atom. The summed E-state index contributed by atoms with van der Waals surface area (Å²) in [6.07, 6.45) is 3.74. The number of hydrogen-bond acceptors (Lipinski definition) is 2. The van der Waals surface area contributed by atoms with Crippen LogP contribution in [-0.2, 0) is 0 Å². The minimum atomic E-state index is 0.351. The molecule has 2 unspecified atom stereocenters. The number of nitrogens with one attached hydrogen (secondary N) is 1. The lowest BCUT2D eigenvalue weighted by Gasteiger charge is -2.33. The molecular formula is C15H22BrClN2. The molecule has 0 saturated carbocycles. The quantitative estimate of drug-likeness (QED) is 0.881. The van der Waals surface area contributed by atoms with E-state index < -0.39 is 0 Å². The number of benzene rings is 1. The van der Waals surface area contributed by atoms with Crippen LogP contribution in [0.5, 0.6) is 0 Å². The van der Waals surface area contributed by atoms with Crippen molar-refractivity contribution in [1.82, 2.24) is 10.2 Å². The molecule has 0 aromatic heterocycles. The zero-order valence-electron chi connectivity index (χ0n) is 11.6. The van der Waals surface area contributed by atoms with Crippen LogP contribution in [0.1, 0.15) is 37.8 Å². The fourth-order valence-corrected chi connectivity index (χ4v) is 3.62. The Balaban J connectivity index is 2.10. The van der Waals surface area contributed by atoms with Crippen molar-refractivity contribution in [3.63, 3.8) is 0 Å². The van der Waals surface area contributed by atoms with Crippen molar-refractivity contribution in [2.75, 3.05) is 20.1 Å². The number of rotatable bonds is 3. The fraction of sp³-hybridized carbons (Fsp3) is 0.600. The summed E-state index contributed by atoms with van der Waals surface area (Å²) in [5.41, 5.74) is 1.21. The second-order valence-electron chi connectivity index (χ2n) is 5.34. The standard InChI is InChI=1S/C15H22BrClN2/c1-11(14-6-5-12(16)10-15(14)17)19(2)13-4-3-8-18-9-7-13/h5-6,10-11,13,18H,3-4,7-9H2,1-2H3. The molecule has 1 fully saturated rings. The summed E-state index contributed by atoms with van der Waals surface area (Å²) >= 11 is 9.83. The van der Waals surface area contributed by atoms with Crippen molar-refractivity contribution in [3.8, 4) is 0 Å². The predicted octanol–water partition coefficient (Wildman–Crippen LogP) is 4.24. The average Bonchev–Trinajstić information content (AvgIpc) is 2.66. The number of nitrogens with zero attached hydrogens (tertiary/aromatic N) is 1. The van der Waals surface area contributed by atoms with E-state index >= 15 is 0 Å². The lowest BCUT2D eigenvalue weighted by Crippen LogP contribution is -2.34. The molecular weight excluding hydrogens is 324 g/mol. The van der Waals surface area contributed by atoms with Gasteiger partial charge in [0.2, 0.25) is 0 Å². The van der Waals surface area contributed by atoms with E-state index in [9.17, 15) is 0 Å². The van der Waals surface area contributed by atoms with Crippen molar-refractivity contribution >= 4 is 27.5 Å². The molecule has 1 aliphatic rings. The summed E-state index contributed by atoms with van der Waals surface area (Å²) in [5.74, 6) is 0. The van der Waals surface area contributed by atoms with Crippen molar-refractivity contribution < 1.29 is 0 Å². The van der Waals surface area contributed by atoms with E-state index in [-0.39, 0.29) is 0 Å². The lowest BCUT2D eigenvalue weighted by molar-refractivity contribution is 0.171. The zero-order valence-corrected chi connectivity index (χ0v) is 14.0. The van der Waals surface area contributed by atoms with E-state index in [2.05, 4.69) is 52.3 Å². The molecule has 2 atom stereocenters. The summed E-state index contributed by atoms with van der Waals surface area (Å²) in [5, 5.41) is 4.32. The van der Waals surface area contributed by atoms with Gasteiger partial charge in [-0.2, -0.15) is 0 Å². The molecule has 0 radical (unpaired) electrons. The third-order valence-electron chi connectivity index (χ3n) is 4.14. The molecule has 0 bridgehead atoms. The molecule has 1 aliphatic heterocycles. The average molecular weight is 346 g/mol. The monoisotopic (exact) mass is 344 g/mol. The van der Waals surface area contributed by atoms with Gasteiger partial charge in [-0.3, -0.25) is 4.90 Å². The van der Waals surface area contributed by atoms with Crippen molar-refractivity contribution in [3.05, 3.63) is 33.3 Å². The fourth-order valence-electron chi connectivity index (χ4n) is 2.78. The van der Waals surface area contributed by atoms with Crippen molar-refractivity contribution in [2.24, 2.45) is 0 Å². The van der Waals surface area contributed by atoms with Gasteiger partial charge in [0.25, 0.3) is 0 Å². The molecule has 1 aromatic rings. The molecule has 2 nitrogen and oxygen atoms in total. The molecule has 0 spiro atoms. The highest BCUT2D eigenvalue weighted by atomic mass is 79.9. The Labute approximate surface area is 129 Å². The molecule has 0 amide bonds. The Morgan fingerprint density at radius 1 is 1.37 bits per heavy atom. The second kappa shape index (κ2) is 7.07. The zero-order chi connectivity index (χ0) is 13.8. The Hall–Kier alpha value is -0.0900. The smallest absolute Gasteiger partial charge is 0.0464 e. The maximum atomic E-state index is 6.37. The van der Waals surface area contributed by atoms with Crippen molar-refractivity contribution in [1.29, 1.82) is 0 Å². The van der Waals surface area contributed by atoms with Gasteiger partial charge in [-0.1, -0.05) is 33.6 Å². The molecule has 1 aromatic carbocycles. The van der Waals surface area contributed by atoms with Crippen LogP contribution in [0.4, 0.5) is 0 Å². The van der Waals surface area contributed by atoms with Gasteiger partial charge in [0.15, 0.2) is 0 Å². The van der Waals surface area contributed by atoms with Gasteiger partial charge in [0.05, 0.1) is 0 Å². The van der Waals surface area contributed by atoms with Gasteiger partial charge in [-0.05, 0) is 64.0 Å². The normalized spacial score (nSPS) is 22.3. The topological polar surface area (TPSA) is 15.3 Å². The van der Waals surface area contributed by atoms with Crippen LogP contribution in [0.3, 0.4) is 0 Å². The maximum Gasteiger partial charge on any atom is 0.0464 e. The van der Waals surface area contributed by atoms with E-state index in [4.69, 9.17) is 11.6 Å². The number of hydrogen-bond donors (Lipinski definition) is 1. The Bertz CT molecular complexity index is 417. The van der Waals surface area contributed by atoms with Crippen LogP contribution in [0.2, 0.25) is 5.02 Å². The minimum Gasteiger partial charge on any atom is -0.317 e. The first-order valence-electron chi connectivity index (χ1n) is 6.97. The highest BCUT2D eigenvalue weighted by Gasteiger charge is 2.23. The van der Waals surface area contributed by atoms with Crippen LogP contribution in [0.15, 0.2) is 22.7 Å². The molecule has 1 saturated heterocycles. The van der Waals surface area contributed by atoms with Crippen LogP contribution >= 0.6 is 27.5 Å². The van der Waals surface area contributed by atoms with E-state index in [0.717, 1.165) is 22.6 Å². The summed E-state index contributed by atoms with van der Waals surface area (Å²) in [6, 6.07) is 7.17. The van der Waals surface area contributed by atoms with Gasteiger partial charge < -0.3 is 5.32 Å². The SMILES string of the molecule is CC(c1ccc(Br)cc1Cl)N(C)C1CCCNCC1. The largest absolute Gasteiger partial charge is 0.317 e. The van der Waals surface area contributed by atoms with Gasteiger partial charge in [-0.15, -0.1) is 0 Å². The predicted molar refractivity (Wildman–Crippen MR) is 85.8 cm³/mol. The molecule has 1 N–H and O–H groups in total. The van der Waals surface area contributed by atoms with Crippen LogP contribution in [-0.4, -0.2) is 31.1 Å². The lowest BCUT2D eigenvalue weighted by atomic mass is 10.0. The first kappa shape index (κ1) is 15.3. The molecule has 1 heterocycles. The number of halogens is 2. The van der Waals surface area contributed by atoms with E-state index in [1.54, 1.807) is 0 Å². The first-order chi connectivity index (χ1) is 9.09. The Morgan fingerprint density at radius 3 is 2.89 bits per heavy atom. The highest BCUT2D eigenvalue weighted by Crippen LogP contribution is 2.31. The molecule has 0 aliphatic carbocycles. The summed E-state index contributed by atoms with van der Waals surface area (Å²) in [7, 11) is 2.22. The minimum absolute atomic E-state index is 0.351. The van der Waals surface area contributed by atoms with Crippen LogP contribution < -0.4 is 5.32 Å². The third kappa shape index (κ3) is 3.94. The van der Waals surface area contributed by atoms with Gasteiger partial charge in [0, 0.05) is 21.6 Å². The summed E-state index contributed by atoms with van der Waals surface area (Å²) < 4.78 is 1.04. The van der Waals surface area contributed by atoms with Crippen LogP contribution in [0.25, 0.3) is 0 Å². The van der Waals surface area contributed by atoms with E-state index in [1.807, 2.05) is 6.07 Å². The summed E-state index contributed by atoms with van der Waals surface area (Å²) in [6.45, 7) is 4.51. The van der Waals surface area contributed by atoms with Gasteiger partial charge in [0.1, 0.15) is 0 Å². The summed E-state index contributed by atoms with van der Waals surface area (Å²) in [4.78, 5) is 2.47. The molecule has 106 valence electrons. The Kier molecular flexibility index (Phi) is 5.70. The highest BCUT2D eigenvalue weighted by molar-refractivity contribution is 9.10. The maximum absolute atomic E-state index is 6.37. The molecule has 2 rings (SSSR count). The van der Waals surface area contributed by atoms with E-state index in [1.165, 1.54) is 24.8 Å². The molecule has 19 heavy (non-hydrogen) atoms. The first-order valence-corrected chi connectivity index (χ1v) is 8.14. The third-order valence-corrected chi connectivity index (χ3v) is 4.97. The van der Waals surface area contributed by atoms with Crippen LogP contribution in [0, 0.1) is 0 Å². The van der Waals surface area contributed by atoms with Gasteiger partial charge in [-0.25, -0.2) is 0 Å². The van der Waals surface area contributed by atoms with E-state index in [0.29, 0.717) is 12.1 Å².